The molecular formula is C14H21N3O2. The van der Waals surface area contributed by atoms with Crippen molar-refractivity contribution in [3.8, 4) is 0 Å². The zero-order valence-electron chi connectivity index (χ0n) is 11.3. The topological polar surface area (TPSA) is 63.2 Å². The van der Waals surface area contributed by atoms with Gasteiger partial charge >= 0.3 is 0 Å². The van der Waals surface area contributed by atoms with Crippen molar-refractivity contribution in [1.82, 2.24) is 15.6 Å². The Morgan fingerprint density at radius 2 is 2.32 bits per heavy atom. The van der Waals surface area contributed by atoms with Crippen molar-refractivity contribution in [3.05, 3.63) is 29.6 Å². The first-order chi connectivity index (χ1) is 9.25. The molecule has 19 heavy (non-hydrogen) atoms. The van der Waals surface area contributed by atoms with Crippen molar-refractivity contribution < 1.29 is 9.53 Å². The molecule has 0 bridgehead atoms. The van der Waals surface area contributed by atoms with Crippen LogP contribution in [0.15, 0.2) is 18.5 Å². The number of hydrogen-bond donors (Lipinski definition) is 2. The van der Waals surface area contributed by atoms with Crippen LogP contribution in [-0.4, -0.2) is 36.7 Å². The minimum atomic E-state index is -0.0678. The molecular weight excluding hydrogens is 242 g/mol. The van der Waals surface area contributed by atoms with Gasteiger partial charge in [-0.3, -0.25) is 9.78 Å². The summed E-state index contributed by atoms with van der Waals surface area (Å²) in [5.41, 5.74) is 2.17. The standard InChI is InChI=1S/C14H21N3O2/c1-11-2-5-16-8-12(11)9-17-14(18)10-19-13-3-6-15-7-4-13/h2,5,8,13,15H,3-4,6-7,9-10H2,1H3,(H,17,18). The SMILES string of the molecule is Cc1ccncc1CNC(=O)COC1CCNCC1. The predicted molar refractivity (Wildman–Crippen MR) is 72.7 cm³/mol. The average Bonchev–Trinajstić information content (AvgIpc) is 2.45. The van der Waals surface area contributed by atoms with Gasteiger partial charge in [0.05, 0.1) is 6.10 Å². The molecule has 5 heteroatoms. The summed E-state index contributed by atoms with van der Waals surface area (Å²) in [5, 5.41) is 6.13. The lowest BCUT2D eigenvalue weighted by Gasteiger charge is -2.22. The van der Waals surface area contributed by atoms with E-state index >= 15 is 0 Å². The minimum absolute atomic E-state index is 0.0678. The van der Waals surface area contributed by atoms with Crippen LogP contribution in [0.25, 0.3) is 0 Å². The van der Waals surface area contributed by atoms with Gasteiger partial charge in [-0.25, -0.2) is 0 Å². The second-order valence-corrected chi connectivity index (χ2v) is 4.84. The third-order valence-corrected chi connectivity index (χ3v) is 3.36. The van der Waals surface area contributed by atoms with E-state index < -0.39 is 0 Å². The molecule has 5 nitrogen and oxygen atoms in total. The summed E-state index contributed by atoms with van der Waals surface area (Å²) in [6, 6.07) is 1.94. The van der Waals surface area contributed by atoms with Gasteiger partial charge in [0.25, 0.3) is 0 Å². The van der Waals surface area contributed by atoms with Gasteiger partial charge in [-0.1, -0.05) is 0 Å². The van der Waals surface area contributed by atoms with E-state index in [1.54, 1.807) is 12.4 Å². The first kappa shape index (κ1) is 14.0. The summed E-state index contributed by atoms with van der Waals surface area (Å²) in [7, 11) is 0. The van der Waals surface area contributed by atoms with E-state index in [1.807, 2.05) is 13.0 Å². The molecule has 1 aliphatic rings. The highest BCUT2D eigenvalue weighted by molar-refractivity contribution is 5.77. The number of nitrogens with one attached hydrogen (secondary N) is 2. The maximum absolute atomic E-state index is 11.7. The van der Waals surface area contributed by atoms with Crippen molar-refractivity contribution in [2.24, 2.45) is 0 Å². The number of amides is 1. The summed E-state index contributed by atoms with van der Waals surface area (Å²) in [4.78, 5) is 15.8. The molecule has 0 aliphatic carbocycles. The van der Waals surface area contributed by atoms with E-state index in [0.29, 0.717) is 6.54 Å². The molecule has 0 saturated carbocycles. The third kappa shape index (κ3) is 4.61. The van der Waals surface area contributed by atoms with E-state index in [0.717, 1.165) is 37.1 Å². The zero-order valence-corrected chi connectivity index (χ0v) is 11.3. The molecule has 0 radical (unpaired) electrons. The molecule has 1 aliphatic heterocycles. The Morgan fingerprint density at radius 1 is 1.53 bits per heavy atom. The fourth-order valence-electron chi connectivity index (χ4n) is 2.08. The quantitative estimate of drug-likeness (QED) is 0.824. The lowest BCUT2D eigenvalue weighted by atomic mass is 10.1. The Balaban J connectivity index is 1.68. The van der Waals surface area contributed by atoms with Gasteiger partial charge in [-0.2, -0.15) is 0 Å². The van der Waals surface area contributed by atoms with Crippen LogP contribution >= 0.6 is 0 Å². The number of nitrogens with zero attached hydrogens (tertiary/aromatic N) is 1. The zero-order chi connectivity index (χ0) is 13.5. The van der Waals surface area contributed by atoms with Crippen molar-refractivity contribution in [2.45, 2.75) is 32.4 Å². The minimum Gasteiger partial charge on any atom is -0.368 e. The molecule has 1 aromatic heterocycles. The molecule has 2 rings (SSSR count). The second-order valence-electron chi connectivity index (χ2n) is 4.84. The van der Waals surface area contributed by atoms with E-state index in [9.17, 15) is 4.79 Å². The maximum atomic E-state index is 11.7. The Labute approximate surface area is 113 Å². The van der Waals surface area contributed by atoms with Crippen molar-refractivity contribution in [1.29, 1.82) is 0 Å². The summed E-state index contributed by atoms with van der Waals surface area (Å²) in [5.74, 6) is -0.0678. The third-order valence-electron chi connectivity index (χ3n) is 3.36. The van der Waals surface area contributed by atoms with Gasteiger partial charge in [-0.05, 0) is 50.0 Å². The van der Waals surface area contributed by atoms with E-state index in [2.05, 4.69) is 15.6 Å². The second kappa shape index (κ2) is 7.21. The predicted octanol–water partition coefficient (Wildman–Crippen LogP) is 0.775. The van der Waals surface area contributed by atoms with Crippen LogP contribution in [0, 0.1) is 6.92 Å². The highest BCUT2D eigenvalue weighted by atomic mass is 16.5. The lowest BCUT2D eigenvalue weighted by Crippen LogP contribution is -2.35. The number of aromatic nitrogens is 1. The average molecular weight is 263 g/mol. The molecule has 2 N–H and O–H groups in total. The molecule has 0 atom stereocenters. The van der Waals surface area contributed by atoms with Crippen LogP contribution in [0.1, 0.15) is 24.0 Å². The summed E-state index contributed by atoms with van der Waals surface area (Å²) in [6.07, 6.45) is 5.71. The Hall–Kier alpha value is -1.46. The summed E-state index contributed by atoms with van der Waals surface area (Å²) in [6.45, 7) is 4.61. The molecule has 0 aromatic carbocycles. The highest BCUT2D eigenvalue weighted by Crippen LogP contribution is 2.07. The Kier molecular flexibility index (Phi) is 5.30. The van der Waals surface area contributed by atoms with Gasteiger partial charge in [0.2, 0.25) is 5.91 Å². The van der Waals surface area contributed by atoms with Crippen molar-refractivity contribution in [3.63, 3.8) is 0 Å². The summed E-state index contributed by atoms with van der Waals surface area (Å²) >= 11 is 0. The lowest BCUT2D eigenvalue weighted by molar-refractivity contribution is -0.128. The first-order valence-electron chi connectivity index (χ1n) is 6.74. The van der Waals surface area contributed by atoms with E-state index in [1.165, 1.54) is 0 Å². The molecule has 1 aromatic rings. The Bertz CT molecular complexity index is 417. The molecule has 1 amide bonds. The molecule has 104 valence electrons. The molecule has 2 heterocycles. The number of aryl methyl sites for hydroxylation is 1. The number of hydrogen-bond acceptors (Lipinski definition) is 4. The fraction of sp³-hybridized carbons (Fsp3) is 0.571. The van der Waals surface area contributed by atoms with E-state index in [-0.39, 0.29) is 18.6 Å². The number of rotatable bonds is 5. The molecule has 1 saturated heterocycles. The van der Waals surface area contributed by atoms with Gasteiger partial charge in [-0.15, -0.1) is 0 Å². The highest BCUT2D eigenvalue weighted by Gasteiger charge is 2.14. The smallest absolute Gasteiger partial charge is 0.246 e. The largest absolute Gasteiger partial charge is 0.368 e. The summed E-state index contributed by atoms with van der Waals surface area (Å²) < 4.78 is 5.60. The maximum Gasteiger partial charge on any atom is 0.246 e. The van der Waals surface area contributed by atoms with Crippen LogP contribution in [0.2, 0.25) is 0 Å². The van der Waals surface area contributed by atoms with Crippen LogP contribution in [0.5, 0.6) is 0 Å². The van der Waals surface area contributed by atoms with Crippen molar-refractivity contribution in [2.75, 3.05) is 19.7 Å². The fourth-order valence-corrected chi connectivity index (χ4v) is 2.08. The van der Waals surface area contributed by atoms with Gasteiger partial charge in [0, 0.05) is 18.9 Å². The monoisotopic (exact) mass is 263 g/mol. The molecule has 0 spiro atoms. The van der Waals surface area contributed by atoms with Crippen LogP contribution in [0.4, 0.5) is 0 Å². The van der Waals surface area contributed by atoms with Gasteiger partial charge in [0.15, 0.2) is 0 Å². The number of carbonyl (C=O) groups is 1. The van der Waals surface area contributed by atoms with Crippen LogP contribution in [0.3, 0.4) is 0 Å². The first-order valence-corrected chi connectivity index (χ1v) is 6.74. The number of ether oxygens (including phenoxy) is 1. The van der Waals surface area contributed by atoms with Gasteiger partial charge in [0.1, 0.15) is 6.61 Å². The Morgan fingerprint density at radius 3 is 3.05 bits per heavy atom. The number of piperidine rings is 1. The number of pyridine rings is 1. The number of carbonyl (C=O) groups excluding carboxylic acids is 1. The van der Waals surface area contributed by atoms with Crippen molar-refractivity contribution >= 4 is 5.91 Å². The molecule has 0 unspecified atom stereocenters. The van der Waals surface area contributed by atoms with Gasteiger partial charge < -0.3 is 15.4 Å². The van der Waals surface area contributed by atoms with Crippen LogP contribution < -0.4 is 10.6 Å². The van der Waals surface area contributed by atoms with E-state index in [4.69, 9.17) is 4.74 Å². The molecule has 1 fully saturated rings. The van der Waals surface area contributed by atoms with Crippen LogP contribution in [-0.2, 0) is 16.1 Å². The normalized spacial score (nSPS) is 16.3.